The predicted molar refractivity (Wildman–Crippen MR) is 184 cm³/mol. The van der Waals surface area contributed by atoms with Crippen LogP contribution in [0.3, 0.4) is 0 Å². The third-order valence-corrected chi connectivity index (χ3v) is 9.12. The molecule has 0 aliphatic heterocycles. The number of phenolic OH excluding ortho intramolecular Hbond substituents is 1. The lowest BCUT2D eigenvalue weighted by Crippen LogP contribution is -2.22. The molecule has 0 aromatic heterocycles. The van der Waals surface area contributed by atoms with Crippen LogP contribution in [0, 0.1) is 0 Å². The maximum atomic E-state index is 12.2. The highest BCUT2D eigenvalue weighted by Gasteiger charge is 2.31. The van der Waals surface area contributed by atoms with Crippen LogP contribution in [-0.4, -0.2) is 40.3 Å². The zero-order valence-electron chi connectivity index (χ0n) is 28.7. The smallest absolute Gasteiger partial charge is 0.335 e. The number of carboxylic acid groups (broad SMARTS) is 1. The highest BCUT2D eigenvalue weighted by atomic mass is 32.2. The van der Waals surface area contributed by atoms with E-state index in [1.807, 2.05) is 41.5 Å². The summed E-state index contributed by atoms with van der Waals surface area (Å²) in [5.74, 6) is 0.473. The maximum absolute atomic E-state index is 12.2. The van der Waals surface area contributed by atoms with Gasteiger partial charge in [0, 0.05) is 23.3 Å². The summed E-state index contributed by atoms with van der Waals surface area (Å²) in [6.45, 7) is 14.6. The van der Waals surface area contributed by atoms with E-state index in [2.05, 4.69) is 6.92 Å². The van der Waals surface area contributed by atoms with Crippen molar-refractivity contribution in [1.82, 2.24) is 0 Å². The van der Waals surface area contributed by atoms with Crippen LogP contribution in [-0.2, 0) is 26.8 Å². The molecule has 0 radical (unpaired) electrons. The number of phenols is 1. The second-order valence-electron chi connectivity index (χ2n) is 14.3. The Labute approximate surface area is 268 Å². The van der Waals surface area contributed by atoms with Crippen molar-refractivity contribution in [3.8, 4) is 5.75 Å². The molecule has 0 saturated heterocycles. The van der Waals surface area contributed by atoms with Gasteiger partial charge in [-0.05, 0) is 41.1 Å². The van der Waals surface area contributed by atoms with Crippen molar-refractivity contribution in [3.05, 3.63) is 28.3 Å². The van der Waals surface area contributed by atoms with Gasteiger partial charge in [-0.2, -0.15) is 11.8 Å². The third kappa shape index (κ3) is 16.3. The summed E-state index contributed by atoms with van der Waals surface area (Å²) < 4.78 is 5.43. The van der Waals surface area contributed by atoms with E-state index in [4.69, 9.17) is 4.74 Å². The number of rotatable bonds is 23. The Hall–Kier alpha value is -1.69. The summed E-state index contributed by atoms with van der Waals surface area (Å²) >= 11 is 1.64. The molecule has 6 heteroatoms. The van der Waals surface area contributed by atoms with Gasteiger partial charge in [-0.1, -0.05) is 138 Å². The number of aromatic carboxylic acids is 1. The van der Waals surface area contributed by atoms with Crippen LogP contribution in [0.15, 0.2) is 6.07 Å². The standard InChI is InChI=1S/C37H64O5S/c1-8-9-10-11-12-13-14-15-16-17-18-19-20-21-22-23-32(38)42-25-27-43-26-24-29-30(35(40)41)28-31(36(2,3)4)34(39)33(29)37(5,6)7/h28,39H,8-27H2,1-7H3,(H,40,41). The van der Waals surface area contributed by atoms with E-state index in [9.17, 15) is 19.8 Å². The van der Waals surface area contributed by atoms with Gasteiger partial charge in [0.15, 0.2) is 0 Å². The second kappa shape index (κ2) is 21.1. The summed E-state index contributed by atoms with van der Waals surface area (Å²) in [4.78, 5) is 24.3. The van der Waals surface area contributed by atoms with Crippen molar-refractivity contribution < 1.29 is 24.5 Å². The highest BCUT2D eigenvalue weighted by molar-refractivity contribution is 7.99. The quantitative estimate of drug-likeness (QED) is 0.0935. The maximum Gasteiger partial charge on any atom is 0.335 e. The molecule has 0 atom stereocenters. The van der Waals surface area contributed by atoms with Gasteiger partial charge in [-0.15, -0.1) is 0 Å². The Morgan fingerprint density at radius 2 is 1.23 bits per heavy atom. The molecule has 2 N–H and O–H groups in total. The first kappa shape index (κ1) is 39.3. The summed E-state index contributed by atoms with van der Waals surface area (Å²) in [7, 11) is 0. The molecule has 1 aromatic carbocycles. The Balaban J connectivity index is 2.25. The molecule has 0 aliphatic rings. The van der Waals surface area contributed by atoms with E-state index >= 15 is 0 Å². The van der Waals surface area contributed by atoms with E-state index in [1.54, 1.807) is 17.8 Å². The number of carboxylic acids is 1. The number of esters is 1. The Morgan fingerprint density at radius 1 is 0.744 bits per heavy atom. The van der Waals surface area contributed by atoms with E-state index < -0.39 is 11.4 Å². The zero-order valence-corrected chi connectivity index (χ0v) is 29.6. The lowest BCUT2D eigenvalue weighted by atomic mass is 9.75. The van der Waals surface area contributed by atoms with E-state index in [0.29, 0.717) is 47.6 Å². The Kier molecular flexibility index (Phi) is 19.3. The Bertz CT molecular complexity index is 942. The minimum absolute atomic E-state index is 0.124. The van der Waals surface area contributed by atoms with Crippen molar-refractivity contribution in [2.24, 2.45) is 0 Å². The van der Waals surface area contributed by atoms with Crippen molar-refractivity contribution >= 4 is 23.7 Å². The average molecular weight is 621 g/mol. The molecule has 0 fully saturated rings. The van der Waals surface area contributed by atoms with Gasteiger partial charge in [0.05, 0.1) is 5.56 Å². The Morgan fingerprint density at radius 3 is 1.67 bits per heavy atom. The van der Waals surface area contributed by atoms with E-state index in [1.165, 1.54) is 83.5 Å². The van der Waals surface area contributed by atoms with Crippen LogP contribution in [0.2, 0.25) is 0 Å². The van der Waals surface area contributed by atoms with Gasteiger partial charge in [-0.25, -0.2) is 4.79 Å². The molecule has 0 saturated carbocycles. The normalized spacial score (nSPS) is 12.1. The number of hydrogen-bond donors (Lipinski definition) is 2. The van der Waals surface area contributed by atoms with Crippen LogP contribution in [0.5, 0.6) is 5.75 Å². The molecule has 1 aromatic rings. The fourth-order valence-electron chi connectivity index (χ4n) is 5.75. The number of thioether (sulfide) groups is 1. The number of benzene rings is 1. The SMILES string of the molecule is CCCCCCCCCCCCCCCCCC(=O)OCCSCCc1c(C(=O)O)cc(C(C)(C)C)c(O)c1C(C)(C)C. The van der Waals surface area contributed by atoms with Crippen LogP contribution in [0.1, 0.15) is 178 Å². The largest absolute Gasteiger partial charge is 0.507 e. The van der Waals surface area contributed by atoms with Crippen LogP contribution >= 0.6 is 11.8 Å². The third-order valence-electron chi connectivity index (χ3n) is 8.17. The van der Waals surface area contributed by atoms with Gasteiger partial charge in [0.1, 0.15) is 12.4 Å². The molecule has 0 heterocycles. The molecule has 0 bridgehead atoms. The highest BCUT2D eigenvalue weighted by Crippen LogP contribution is 2.43. The average Bonchev–Trinajstić information content (AvgIpc) is 2.91. The van der Waals surface area contributed by atoms with Gasteiger partial charge >= 0.3 is 11.9 Å². The molecular weight excluding hydrogens is 556 g/mol. The van der Waals surface area contributed by atoms with Crippen molar-refractivity contribution in [3.63, 3.8) is 0 Å². The van der Waals surface area contributed by atoms with Gasteiger partial charge in [0.25, 0.3) is 0 Å². The molecule has 0 unspecified atom stereocenters. The molecule has 43 heavy (non-hydrogen) atoms. The van der Waals surface area contributed by atoms with Crippen LogP contribution in [0.4, 0.5) is 0 Å². The minimum atomic E-state index is -0.969. The molecule has 5 nitrogen and oxygen atoms in total. The predicted octanol–water partition coefficient (Wildman–Crippen LogP) is 10.8. The number of ether oxygens (including phenoxy) is 1. The number of hydrogen-bond acceptors (Lipinski definition) is 5. The molecule has 248 valence electrons. The number of carbonyl (C=O) groups excluding carboxylic acids is 1. The second-order valence-corrected chi connectivity index (χ2v) is 15.5. The summed E-state index contributed by atoms with van der Waals surface area (Å²) in [5.41, 5.74) is 1.56. The topological polar surface area (TPSA) is 83.8 Å². The van der Waals surface area contributed by atoms with Crippen molar-refractivity contribution in [2.75, 3.05) is 18.1 Å². The van der Waals surface area contributed by atoms with Crippen molar-refractivity contribution in [1.29, 1.82) is 0 Å². The molecular formula is C37H64O5S. The first-order valence-corrected chi connectivity index (χ1v) is 18.3. The fraction of sp³-hybridized carbons (Fsp3) is 0.784. The first-order chi connectivity index (χ1) is 20.3. The lowest BCUT2D eigenvalue weighted by molar-refractivity contribution is -0.143. The molecule has 0 aliphatic carbocycles. The monoisotopic (exact) mass is 620 g/mol. The van der Waals surface area contributed by atoms with Gasteiger partial charge in [0.2, 0.25) is 0 Å². The number of unbranched alkanes of at least 4 members (excludes halogenated alkanes) is 14. The first-order valence-electron chi connectivity index (χ1n) is 17.2. The summed E-state index contributed by atoms with van der Waals surface area (Å²) in [5, 5.41) is 21.2. The van der Waals surface area contributed by atoms with E-state index in [0.717, 1.165) is 12.8 Å². The lowest BCUT2D eigenvalue weighted by Gasteiger charge is -2.30. The number of carbonyl (C=O) groups is 2. The van der Waals surface area contributed by atoms with Gasteiger partial charge in [-0.3, -0.25) is 4.79 Å². The fourth-order valence-corrected chi connectivity index (χ4v) is 6.50. The summed E-state index contributed by atoms with van der Waals surface area (Å²) in [6, 6.07) is 1.65. The zero-order chi connectivity index (χ0) is 32.3. The molecule has 1 rings (SSSR count). The minimum Gasteiger partial charge on any atom is -0.507 e. The molecule has 0 amide bonds. The van der Waals surface area contributed by atoms with Gasteiger partial charge < -0.3 is 14.9 Å². The number of aromatic hydroxyl groups is 1. The van der Waals surface area contributed by atoms with Crippen LogP contribution < -0.4 is 0 Å². The molecule has 0 spiro atoms. The van der Waals surface area contributed by atoms with E-state index in [-0.39, 0.29) is 22.7 Å². The van der Waals surface area contributed by atoms with Crippen molar-refractivity contribution in [2.45, 2.75) is 168 Å². The van der Waals surface area contributed by atoms with Crippen LogP contribution in [0.25, 0.3) is 0 Å². The summed E-state index contributed by atoms with van der Waals surface area (Å²) in [6.07, 6.45) is 20.6.